The third-order valence-corrected chi connectivity index (χ3v) is 7.25. The Balaban J connectivity index is 1.66. The normalized spacial score (nSPS) is 12.5. The summed E-state index contributed by atoms with van der Waals surface area (Å²) in [5, 5.41) is 5.45. The predicted octanol–water partition coefficient (Wildman–Crippen LogP) is 6.34. The van der Waals surface area contributed by atoms with Crippen molar-refractivity contribution in [3.8, 4) is 5.75 Å². The molecule has 0 spiro atoms. The molecule has 0 aliphatic heterocycles. The van der Waals surface area contributed by atoms with E-state index in [0.717, 1.165) is 39.6 Å². The lowest BCUT2D eigenvalue weighted by Crippen LogP contribution is -2.52. The van der Waals surface area contributed by atoms with Crippen molar-refractivity contribution in [2.45, 2.75) is 58.2 Å². The van der Waals surface area contributed by atoms with Gasteiger partial charge in [-0.25, -0.2) is 0 Å². The maximum absolute atomic E-state index is 14.0. The maximum Gasteiger partial charge on any atom is 0.243 e. The van der Waals surface area contributed by atoms with Gasteiger partial charge in [0.05, 0.1) is 7.11 Å². The van der Waals surface area contributed by atoms with Crippen LogP contribution in [0.3, 0.4) is 0 Å². The zero-order chi connectivity index (χ0) is 27.6. The third-order valence-electron chi connectivity index (χ3n) is 7.25. The van der Waals surface area contributed by atoms with E-state index in [-0.39, 0.29) is 17.9 Å². The molecule has 0 saturated carbocycles. The molecule has 0 radical (unpaired) electrons. The number of ether oxygens (including phenoxy) is 1. The minimum absolute atomic E-state index is 0.0141. The Morgan fingerprint density at radius 3 is 2.33 bits per heavy atom. The van der Waals surface area contributed by atoms with Gasteiger partial charge in [0.1, 0.15) is 11.8 Å². The summed E-state index contributed by atoms with van der Waals surface area (Å²) in [5.74, 6) is 0.542. The Morgan fingerprint density at radius 1 is 0.872 bits per heavy atom. The number of rotatable bonds is 12. The number of nitrogens with zero attached hydrogens (tertiary/aromatic N) is 1. The van der Waals surface area contributed by atoms with E-state index in [1.165, 1.54) is 0 Å². The molecule has 2 unspecified atom stereocenters. The number of benzene rings is 4. The Kier molecular flexibility index (Phi) is 9.74. The largest absolute Gasteiger partial charge is 0.497 e. The number of nitrogens with one attached hydrogen (secondary N) is 1. The number of methoxy groups -OCH3 is 1. The fourth-order valence-corrected chi connectivity index (χ4v) is 4.86. The lowest BCUT2D eigenvalue weighted by atomic mass is 9.99. The van der Waals surface area contributed by atoms with Gasteiger partial charge in [-0.1, -0.05) is 91.9 Å². The first-order valence-corrected chi connectivity index (χ1v) is 13.7. The lowest BCUT2D eigenvalue weighted by molar-refractivity contribution is -0.141. The lowest BCUT2D eigenvalue weighted by Gasteiger charge is -2.32. The molecule has 39 heavy (non-hydrogen) atoms. The van der Waals surface area contributed by atoms with Gasteiger partial charge in [-0.3, -0.25) is 9.59 Å². The Morgan fingerprint density at radius 2 is 1.56 bits per heavy atom. The molecule has 4 rings (SSSR count). The molecule has 5 nitrogen and oxygen atoms in total. The van der Waals surface area contributed by atoms with E-state index in [9.17, 15) is 9.59 Å². The van der Waals surface area contributed by atoms with Crippen LogP contribution >= 0.6 is 0 Å². The number of hydrogen-bond donors (Lipinski definition) is 1. The van der Waals surface area contributed by atoms with E-state index in [4.69, 9.17) is 4.74 Å². The van der Waals surface area contributed by atoms with Crippen LogP contribution in [0, 0.1) is 0 Å². The number of hydrogen-bond acceptors (Lipinski definition) is 3. The zero-order valence-electron chi connectivity index (χ0n) is 23.1. The van der Waals surface area contributed by atoms with E-state index in [1.807, 2.05) is 86.6 Å². The van der Waals surface area contributed by atoms with Crippen molar-refractivity contribution in [3.05, 3.63) is 114 Å². The average Bonchev–Trinajstić information content (AvgIpc) is 2.98. The van der Waals surface area contributed by atoms with Gasteiger partial charge in [0, 0.05) is 25.4 Å². The van der Waals surface area contributed by atoms with Crippen LogP contribution in [0.2, 0.25) is 0 Å². The Labute approximate surface area is 231 Å². The number of aryl methyl sites for hydroxylation is 1. The molecule has 0 heterocycles. The minimum Gasteiger partial charge on any atom is -0.497 e. The summed E-state index contributed by atoms with van der Waals surface area (Å²) in [6.07, 6.45) is 2.15. The summed E-state index contributed by atoms with van der Waals surface area (Å²) in [6, 6.07) is 31.4. The molecule has 0 aliphatic carbocycles. The maximum atomic E-state index is 14.0. The molecule has 4 aromatic carbocycles. The topological polar surface area (TPSA) is 58.6 Å². The first-order chi connectivity index (χ1) is 19.0. The minimum atomic E-state index is -0.646. The summed E-state index contributed by atoms with van der Waals surface area (Å²) >= 11 is 0. The van der Waals surface area contributed by atoms with Crippen LogP contribution in [-0.2, 0) is 29.0 Å². The van der Waals surface area contributed by atoms with Crippen LogP contribution < -0.4 is 10.1 Å². The number of carbonyl (C=O) groups is 2. The number of fused-ring (bicyclic) bond motifs is 1. The highest BCUT2D eigenvalue weighted by atomic mass is 16.5. The first-order valence-electron chi connectivity index (χ1n) is 13.7. The van der Waals surface area contributed by atoms with Gasteiger partial charge in [0.25, 0.3) is 0 Å². The van der Waals surface area contributed by atoms with E-state index in [2.05, 4.69) is 29.6 Å². The van der Waals surface area contributed by atoms with Gasteiger partial charge in [0.2, 0.25) is 11.8 Å². The van der Waals surface area contributed by atoms with Crippen LogP contribution in [0.5, 0.6) is 5.75 Å². The molecular weight excluding hydrogens is 484 g/mol. The molecule has 2 amide bonds. The van der Waals surface area contributed by atoms with Crippen molar-refractivity contribution in [2.75, 3.05) is 7.11 Å². The van der Waals surface area contributed by atoms with Gasteiger partial charge in [-0.15, -0.1) is 0 Å². The summed E-state index contributed by atoms with van der Waals surface area (Å²) in [5.41, 5.74) is 3.06. The van der Waals surface area contributed by atoms with Gasteiger partial charge < -0.3 is 15.0 Å². The van der Waals surface area contributed by atoms with Crippen LogP contribution in [0.4, 0.5) is 0 Å². The fraction of sp³-hybridized carbons (Fsp3) is 0.294. The molecule has 5 heteroatoms. The highest BCUT2D eigenvalue weighted by Gasteiger charge is 2.31. The second kappa shape index (κ2) is 13.6. The van der Waals surface area contributed by atoms with Gasteiger partial charge in [-0.2, -0.15) is 0 Å². The van der Waals surface area contributed by atoms with Crippen molar-refractivity contribution >= 4 is 22.6 Å². The summed E-state index contributed by atoms with van der Waals surface area (Å²) in [6.45, 7) is 4.35. The summed E-state index contributed by atoms with van der Waals surface area (Å²) < 4.78 is 5.43. The summed E-state index contributed by atoms with van der Waals surface area (Å²) in [7, 11) is 1.63. The average molecular weight is 523 g/mol. The third kappa shape index (κ3) is 7.47. The van der Waals surface area contributed by atoms with Crippen molar-refractivity contribution in [1.29, 1.82) is 0 Å². The van der Waals surface area contributed by atoms with Crippen molar-refractivity contribution in [1.82, 2.24) is 10.2 Å². The molecule has 4 aromatic rings. The molecule has 0 fully saturated rings. The monoisotopic (exact) mass is 522 g/mol. The molecule has 0 aliphatic rings. The van der Waals surface area contributed by atoms with E-state index in [1.54, 1.807) is 12.0 Å². The highest BCUT2D eigenvalue weighted by molar-refractivity contribution is 5.89. The smallest absolute Gasteiger partial charge is 0.243 e. The SMILES string of the molecule is CCC(C)NC(=O)C(Cc1ccccc1)N(Cc1cccc(OC)c1)C(=O)CCc1cccc2ccccc12. The van der Waals surface area contributed by atoms with Crippen LogP contribution in [0.25, 0.3) is 10.8 Å². The number of amides is 2. The Bertz CT molecular complexity index is 1380. The van der Waals surface area contributed by atoms with Crippen LogP contribution in [0.1, 0.15) is 43.4 Å². The summed E-state index contributed by atoms with van der Waals surface area (Å²) in [4.78, 5) is 29.5. The zero-order valence-corrected chi connectivity index (χ0v) is 23.1. The van der Waals surface area contributed by atoms with Crippen LogP contribution in [-0.4, -0.2) is 35.9 Å². The van der Waals surface area contributed by atoms with E-state index < -0.39 is 6.04 Å². The second-order valence-corrected chi connectivity index (χ2v) is 10.0. The molecule has 202 valence electrons. The first kappa shape index (κ1) is 27.9. The molecule has 1 N–H and O–H groups in total. The number of carbonyl (C=O) groups excluding carboxylic acids is 2. The Hall–Kier alpha value is -4.12. The fourth-order valence-electron chi connectivity index (χ4n) is 4.86. The molecule has 0 aromatic heterocycles. The second-order valence-electron chi connectivity index (χ2n) is 10.0. The van der Waals surface area contributed by atoms with Gasteiger partial charge >= 0.3 is 0 Å². The van der Waals surface area contributed by atoms with Crippen LogP contribution in [0.15, 0.2) is 97.1 Å². The molecule has 2 atom stereocenters. The van der Waals surface area contributed by atoms with Crippen molar-refractivity contribution in [2.24, 2.45) is 0 Å². The van der Waals surface area contributed by atoms with Gasteiger partial charge in [-0.05, 0) is 59.4 Å². The van der Waals surface area contributed by atoms with Crippen molar-refractivity contribution in [3.63, 3.8) is 0 Å². The van der Waals surface area contributed by atoms with Crippen molar-refractivity contribution < 1.29 is 14.3 Å². The quantitative estimate of drug-likeness (QED) is 0.236. The van der Waals surface area contributed by atoms with Gasteiger partial charge in [0.15, 0.2) is 0 Å². The predicted molar refractivity (Wildman–Crippen MR) is 158 cm³/mol. The van der Waals surface area contributed by atoms with E-state index >= 15 is 0 Å². The highest BCUT2D eigenvalue weighted by Crippen LogP contribution is 2.23. The molecule has 0 bridgehead atoms. The van der Waals surface area contributed by atoms with E-state index in [0.29, 0.717) is 25.8 Å². The molecular formula is C34H38N2O3. The molecule has 0 saturated heterocycles. The standard InChI is InChI=1S/C34H38N2O3/c1-4-25(2)35-34(38)32(23-26-12-6-5-7-13-26)36(24-27-14-10-18-30(22-27)39-3)33(37)21-20-29-17-11-16-28-15-8-9-19-31(28)29/h5-19,22,25,32H,4,20-21,23-24H2,1-3H3,(H,35,38).